The van der Waals surface area contributed by atoms with Crippen molar-refractivity contribution in [2.45, 2.75) is 38.0 Å². The van der Waals surface area contributed by atoms with E-state index in [4.69, 9.17) is 0 Å². The standard InChI is InChI=1S/C14H22BrN3O2S/c1-4-14(2)5-7-18(8-6-14)21(19,20)12-9-11(15)10-17-13(12)16-3/h9-10H,4-8H2,1-3H3,(H,16,17). The number of piperidine rings is 1. The Balaban J connectivity index is 2.30. The van der Waals surface area contributed by atoms with Crippen LogP contribution < -0.4 is 5.32 Å². The fraction of sp³-hybridized carbons (Fsp3) is 0.643. The van der Waals surface area contributed by atoms with E-state index < -0.39 is 10.0 Å². The average Bonchev–Trinajstić information content (AvgIpc) is 2.47. The predicted molar refractivity (Wildman–Crippen MR) is 87.9 cm³/mol. The summed E-state index contributed by atoms with van der Waals surface area (Å²) in [5, 5.41) is 2.86. The molecule has 21 heavy (non-hydrogen) atoms. The smallest absolute Gasteiger partial charge is 0.246 e. The normalized spacial score (nSPS) is 19.4. The maximum Gasteiger partial charge on any atom is 0.246 e. The summed E-state index contributed by atoms with van der Waals surface area (Å²) in [7, 11) is -1.83. The van der Waals surface area contributed by atoms with Crippen LogP contribution in [-0.2, 0) is 10.0 Å². The van der Waals surface area contributed by atoms with Gasteiger partial charge in [-0.3, -0.25) is 0 Å². The van der Waals surface area contributed by atoms with Crippen LogP contribution in [0.4, 0.5) is 5.82 Å². The monoisotopic (exact) mass is 375 g/mol. The quantitative estimate of drug-likeness (QED) is 0.877. The molecule has 1 fully saturated rings. The van der Waals surface area contributed by atoms with Crippen molar-refractivity contribution in [1.29, 1.82) is 0 Å². The third-order valence-electron chi connectivity index (χ3n) is 4.46. The molecule has 0 amide bonds. The predicted octanol–water partition coefficient (Wildman–Crippen LogP) is 3.09. The van der Waals surface area contributed by atoms with Crippen LogP contribution in [0, 0.1) is 5.41 Å². The molecule has 0 unspecified atom stereocenters. The van der Waals surface area contributed by atoms with Crippen LogP contribution in [0.25, 0.3) is 0 Å². The Labute approximate surface area is 135 Å². The molecule has 1 aromatic heterocycles. The Morgan fingerprint density at radius 3 is 2.57 bits per heavy atom. The first-order chi connectivity index (χ1) is 9.82. The zero-order chi connectivity index (χ0) is 15.7. The summed E-state index contributed by atoms with van der Waals surface area (Å²) in [4.78, 5) is 4.37. The summed E-state index contributed by atoms with van der Waals surface area (Å²) in [5.41, 5.74) is 0.257. The molecule has 1 saturated heterocycles. The third kappa shape index (κ3) is 3.40. The summed E-state index contributed by atoms with van der Waals surface area (Å²) >= 11 is 3.30. The Hall–Kier alpha value is -0.660. The van der Waals surface area contributed by atoms with Crippen molar-refractivity contribution >= 4 is 31.8 Å². The van der Waals surface area contributed by atoms with Gasteiger partial charge in [0, 0.05) is 30.8 Å². The van der Waals surface area contributed by atoms with E-state index in [1.807, 2.05) is 0 Å². The van der Waals surface area contributed by atoms with Crippen LogP contribution in [0.5, 0.6) is 0 Å². The molecule has 1 N–H and O–H groups in total. The second kappa shape index (κ2) is 6.22. The summed E-state index contributed by atoms with van der Waals surface area (Å²) < 4.78 is 27.9. The first-order valence-electron chi connectivity index (χ1n) is 7.16. The van der Waals surface area contributed by atoms with Crippen LogP contribution in [-0.4, -0.2) is 37.8 Å². The molecule has 2 rings (SSSR count). The summed E-state index contributed by atoms with van der Waals surface area (Å²) in [5.74, 6) is 0.391. The van der Waals surface area contributed by atoms with E-state index in [1.165, 1.54) is 0 Å². The van der Waals surface area contributed by atoms with Crippen LogP contribution in [0.2, 0.25) is 0 Å². The van der Waals surface area contributed by atoms with Gasteiger partial charge in [-0.1, -0.05) is 20.3 Å². The van der Waals surface area contributed by atoms with Crippen molar-refractivity contribution in [2.75, 3.05) is 25.5 Å². The maximum atomic E-state index is 12.8. The van der Waals surface area contributed by atoms with Gasteiger partial charge in [-0.05, 0) is 40.3 Å². The lowest BCUT2D eigenvalue weighted by Crippen LogP contribution is -2.42. The van der Waals surface area contributed by atoms with Crippen LogP contribution in [0.1, 0.15) is 33.1 Å². The van der Waals surface area contributed by atoms with Crippen LogP contribution in [0.3, 0.4) is 0 Å². The van der Waals surface area contributed by atoms with Gasteiger partial charge >= 0.3 is 0 Å². The molecule has 5 nitrogen and oxygen atoms in total. The number of sulfonamides is 1. The van der Waals surface area contributed by atoms with Gasteiger partial charge in [0.2, 0.25) is 10.0 Å². The molecular formula is C14H22BrN3O2S. The first-order valence-corrected chi connectivity index (χ1v) is 9.39. The fourth-order valence-electron chi connectivity index (χ4n) is 2.56. The minimum atomic E-state index is -3.51. The molecule has 0 bridgehead atoms. The number of hydrogen-bond donors (Lipinski definition) is 1. The van der Waals surface area contributed by atoms with Gasteiger partial charge in [-0.15, -0.1) is 0 Å². The lowest BCUT2D eigenvalue weighted by Gasteiger charge is -2.38. The topological polar surface area (TPSA) is 62.3 Å². The van der Waals surface area contributed by atoms with E-state index >= 15 is 0 Å². The van der Waals surface area contributed by atoms with Gasteiger partial charge in [0.1, 0.15) is 10.7 Å². The molecule has 1 aliphatic rings. The van der Waals surface area contributed by atoms with Crippen LogP contribution in [0.15, 0.2) is 21.6 Å². The van der Waals surface area contributed by atoms with E-state index in [-0.39, 0.29) is 10.3 Å². The molecule has 118 valence electrons. The zero-order valence-electron chi connectivity index (χ0n) is 12.7. The summed E-state index contributed by atoms with van der Waals surface area (Å²) in [6.45, 7) is 5.54. The zero-order valence-corrected chi connectivity index (χ0v) is 15.1. The molecule has 1 aliphatic heterocycles. The molecule has 0 aliphatic carbocycles. The second-order valence-electron chi connectivity index (χ2n) is 5.82. The van der Waals surface area contributed by atoms with Gasteiger partial charge in [0.05, 0.1) is 0 Å². The Morgan fingerprint density at radius 2 is 2.05 bits per heavy atom. The molecule has 2 heterocycles. The fourth-order valence-corrected chi connectivity index (χ4v) is 4.66. The largest absolute Gasteiger partial charge is 0.372 e. The van der Waals surface area contributed by atoms with E-state index in [0.717, 1.165) is 19.3 Å². The van der Waals surface area contributed by atoms with Gasteiger partial charge < -0.3 is 5.32 Å². The second-order valence-corrected chi connectivity index (χ2v) is 8.64. The Morgan fingerprint density at radius 1 is 1.43 bits per heavy atom. The highest BCUT2D eigenvalue weighted by atomic mass is 79.9. The molecule has 0 aromatic carbocycles. The molecule has 0 spiro atoms. The third-order valence-corrected chi connectivity index (χ3v) is 6.80. The molecular weight excluding hydrogens is 354 g/mol. The molecule has 7 heteroatoms. The van der Waals surface area contributed by atoms with Crippen molar-refractivity contribution < 1.29 is 8.42 Å². The van der Waals surface area contributed by atoms with E-state index in [0.29, 0.717) is 23.4 Å². The van der Waals surface area contributed by atoms with Crippen molar-refractivity contribution in [1.82, 2.24) is 9.29 Å². The number of hydrogen-bond acceptors (Lipinski definition) is 4. The molecule has 1 aromatic rings. The lowest BCUT2D eigenvalue weighted by atomic mass is 9.79. The number of halogens is 1. The van der Waals surface area contributed by atoms with Crippen molar-refractivity contribution in [3.05, 3.63) is 16.7 Å². The van der Waals surface area contributed by atoms with Crippen LogP contribution >= 0.6 is 15.9 Å². The highest BCUT2D eigenvalue weighted by molar-refractivity contribution is 9.10. The van der Waals surface area contributed by atoms with E-state index in [9.17, 15) is 8.42 Å². The minimum Gasteiger partial charge on any atom is -0.372 e. The molecule has 0 saturated carbocycles. The lowest BCUT2D eigenvalue weighted by molar-refractivity contribution is 0.169. The van der Waals surface area contributed by atoms with Gasteiger partial charge in [0.15, 0.2) is 0 Å². The number of rotatable bonds is 4. The number of anilines is 1. The van der Waals surface area contributed by atoms with Gasteiger partial charge in [-0.25, -0.2) is 13.4 Å². The first kappa shape index (κ1) is 16.7. The molecule has 0 atom stereocenters. The average molecular weight is 376 g/mol. The minimum absolute atomic E-state index is 0.236. The Kier molecular flexibility index (Phi) is 4.95. The Bertz CT molecular complexity index is 611. The van der Waals surface area contributed by atoms with E-state index in [1.54, 1.807) is 23.6 Å². The van der Waals surface area contributed by atoms with Crippen molar-refractivity contribution in [3.8, 4) is 0 Å². The summed E-state index contributed by atoms with van der Waals surface area (Å²) in [6, 6.07) is 1.61. The number of aromatic nitrogens is 1. The molecule has 0 radical (unpaired) electrons. The number of nitrogens with zero attached hydrogens (tertiary/aromatic N) is 2. The maximum absolute atomic E-state index is 12.8. The highest BCUT2D eigenvalue weighted by Crippen LogP contribution is 2.36. The number of nitrogens with one attached hydrogen (secondary N) is 1. The SMILES string of the molecule is CCC1(C)CCN(S(=O)(=O)c2cc(Br)cnc2NC)CC1. The van der Waals surface area contributed by atoms with Crippen molar-refractivity contribution in [2.24, 2.45) is 5.41 Å². The van der Waals surface area contributed by atoms with Gasteiger partial charge in [0.25, 0.3) is 0 Å². The van der Waals surface area contributed by atoms with Gasteiger partial charge in [-0.2, -0.15) is 4.31 Å². The van der Waals surface area contributed by atoms with E-state index in [2.05, 4.69) is 40.1 Å². The summed E-state index contributed by atoms with van der Waals surface area (Å²) in [6.07, 6.45) is 4.48. The van der Waals surface area contributed by atoms with Crippen molar-refractivity contribution in [3.63, 3.8) is 0 Å². The number of pyridine rings is 1. The highest BCUT2D eigenvalue weighted by Gasteiger charge is 2.35.